The third-order valence-corrected chi connectivity index (χ3v) is 5.63. The highest BCUT2D eigenvalue weighted by Gasteiger charge is 2.23. The molecule has 1 fully saturated rings. The van der Waals surface area contributed by atoms with Crippen LogP contribution in [0.1, 0.15) is 57.1 Å². The molecular formula is C19H35IN6O. The summed E-state index contributed by atoms with van der Waals surface area (Å²) in [6, 6.07) is 0.334. The van der Waals surface area contributed by atoms with Crippen LogP contribution in [0.15, 0.2) is 4.99 Å². The standard InChI is InChI=1S/C19H34N6O.HI/c1-14-5-4-6-15(11-14)9-10-21-19(20-2)22-16-7-8-18-23-17(13-26-3)24-25(18)12-16;/h14-16H,4-13H2,1-3H3,(H2,20,21,22);1H. The molecule has 2 N–H and O–H groups in total. The number of aryl methyl sites for hydroxylation is 1. The third-order valence-electron chi connectivity index (χ3n) is 5.63. The quantitative estimate of drug-likeness (QED) is 0.365. The molecule has 0 radical (unpaired) electrons. The van der Waals surface area contributed by atoms with E-state index in [0.717, 1.165) is 55.4 Å². The normalized spacial score (nSPS) is 25.4. The van der Waals surface area contributed by atoms with Crippen LogP contribution in [0.2, 0.25) is 0 Å². The lowest BCUT2D eigenvalue weighted by atomic mass is 9.81. The number of fused-ring (bicyclic) bond motifs is 1. The van der Waals surface area contributed by atoms with Crippen molar-refractivity contribution >= 4 is 29.9 Å². The van der Waals surface area contributed by atoms with Gasteiger partial charge in [-0.1, -0.05) is 26.2 Å². The van der Waals surface area contributed by atoms with Gasteiger partial charge in [-0.3, -0.25) is 4.99 Å². The van der Waals surface area contributed by atoms with Crippen molar-refractivity contribution in [3.8, 4) is 0 Å². The Kier molecular flexibility index (Phi) is 9.28. The minimum atomic E-state index is 0. The topological polar surface area (TPSA) is 76.4 Å². The van der Waals surface area contributed by atoms with Crippen molar-refractivity contribution in [1.82, 2.24) is 25.4 Å². The van der Waals surface area contributed by atoms with Gasteiger partial charge in [0.05, 0.1) is 6.54 Å². The summed E-state index contributed by atoms with van der Waals surface area (Å²) in [6.45, 7) is 4.68. The van der Waals surface area contributed by atoms with Gasteiger partial charge in [0.15, 0.2) is 11.8 Å². The largest absolute Gasteiger partial charge is 0.377 e. The summed E-state index contributed by atoms with van der Waals surface area (Å²) in [5, 5.41) is 11.6. The first-order chi connectivity index (χ1) is 12.7. The molecule has 2 heterocycles. The Labute approximate surface area is 180 Å². The Bertz CT molecular complexity index is 605. The summed E-state index contributed by atoms with van der Waals surface area (Å²) in [5.74, 6) is 4.50. The van der Waals surface area contributed by atoms with E-state index in [1.807, 2.05) is 11.7 Å². The van der Waals surface area contributed by atoms with E-state index >= 15 is 0 Å². The molecule has 3 rings (SSSR count). The highest BCUT2D eigenvalue weighted by atomic mass is 127. The van der Waals surface area contributed by atoms with Gasteiger partial charge in [-0.2, -0.15) is 5.10 Å². The second-order valence-corrected chi connectivity index (χ2v) is 7.86. The van der Waals surface area contributed by atoms with Crippen LogP contribution < -0.4 is 10.6 Å². The molecule has 1 saturated carbocycles. The molecule has 8 heteroatoms. The van der Waals surface area contributed by atoms with E-state index < -0.39 is 0 Å². The number of hydrogen-bond acceptors (Lipinski definition) is 4. The van der Waals surface area contributed by atoms with Crippen molar-refractivity contribution in [1.29, 1.82) is 0 Å². The minimum absolute atomic E-state index is 0. The van der Waals surface area contributed by atoms with Crippen LogP contribution in [0.25, 0.3) is 0 Å². The van der Waals surface area contributed by atoms with Gasteiger partial charge in [-0.05, 0) is 31.1 Å². The van der Waals surface area contributed by atoms with Gasteiger partial charge in [-0.25, -0.2) is 9.67 Å². The van der Waals surface area contributed by atoms with Gasteiger partial charge >= 0.3 is 0 Å². The molecule has 154 valence electrons. The molecule has 7 nitrogen and oxygen atoms in total. The number of halogens is 1. The lowest BCUT2D eigenvalue weighted by Gasteiger charge is -2.28. The van der Waals surface area contributed by atoms with Crippen LogP contribution in [0.3, 0.4) is 0 Å². The number of nitrogens with one attached hydrogen (secondary N) is 2. The van der Waals surface area contributed by atoms with Crippen molar-refractivity contribution in [2.24, 2.45) is 16.8 Å². The van der Waals surface area contributed by atoms with E-state index in [4.69, 9.17) is 4.74 Å². The average molecular weight is 490 g/mol. The predicted octanol–water partition coefficient (Wildman–Crippen LogP) is 2.74. The fourth-order valence-electron chi connectivity index (χ4n) is 4.27. The zero-order valence-corrected chi connectivity index (χ0v) is 19.2. The van der Waals surface area contributed by atoms with Crippen LogP contribution in [0.4, 0.5) is 0 Å². The molecule has 27 heavy (non-hydrogen) atoms. The van der Waals surface area contributed by atoms with Crippen LogP contribution >= 0.6 is 24.0 Å². The van der Waals surface area contributed by atoms with Crippen molar-refractivity contribution in [2.75, 3.05) is 20.7 Å². The number of methoxy groups -OCH3 is 1. The van der Waals surface area contributed by atoms with Crippen LogP contribution in [-0.2, 0) is 24.3 Å². The number of ether oxygens (including phenoxy) is 1. The number of guanidine groups is 1. The first kappa shape index (κ1) is 22.4. The number of nitrogens with zero attached hydrogens (tertiary/aromatic N) is 4. The Morgan fingerprint density at radius 2 is 2.19 bits per heavy atom. The summed E-state index contributed by atoms with van der Waals surface area (Å²) in [5.41, 5.74) is 0. The Balaban J connectivity index is 0.00000261. The van der Waals surface area contributed by atoms with Crippen LogP contribution in [0, 0.1) is 11.8 Å². The van der Waals surface area contributed by atoms with Gasteiger partial charge in [0, 0.05) is 33.2 Å². The Morgan fingerprint density at radius 3 is 2.93 bits per heavy atom. The third kappa shape index (κ3) is 6.58. The molecule has 2 aliphatic rings. The summed E-state index contributed by atoms with van der Waals surface area (Å²) >= 11 is 0. The number of rotatable bonds is 6. The van der Waals surface area contributed by atoms with E-state index in [-0.39, 0.29) is 24.0 Å². The molecule has 0 spiro atoms. The fourth-order valence-corrected chi connectivity index (χ4v) is 4.27. The highest BCUT2D eigenvalue weighted by Crippen LogP contribution is 2.30. The van der Waals surface area contributed by atoms with E-state index in [1.165, 1.54) is 32.1 Å². The summed E-state index contributed by atoms with van der Waals surface area (Å²) in [7, 11) is 3.52. The van der Waals surface area contributed by atoms with Gasteiger partial charge in [0.25, 0.3) is 0 Å². The zero-order chi connectivity index (χ0) is 18.4. The van der Waals surface area contributed by atoms with E-state index in [2.05, 4.69) is 32.6 Å². The molecular weight excluding hydrogens is 455 g/mol. The zero-order valence-electron chi connectivity index (χ0n) is 16.9. The van der Waals surface area contributed by atoms with Crippen molar-refractivity contribution in [3.05, 3.63) is 11.6 Å². The first-order valence-electron chi connectivity index (χ1n) is 10.1. The number of hydrogen-bond donors (Lipinski definition) is 2. The van der Waals surface area contributed by atoms with Crippen molar-refractivity contribution in [2.45, 2.75) is 71.1 Å². The maximum absolute atomic E-state index is 5.13. The minimum Gasteiger partial charge on any atom is -0.377 e. The molecule has 1 aromatic rings. The molecule has 1 aliphatic carbocycles. The van der Waals surface area contributed by atoms with Gasteiger partial charge in [-0.15, -0.1) is 24.0 Å². The second kappa shape index (κ2) is 11.2. The first-order valence-corrected chi connectivity index (χ1v) is 10.1. The fraction of sp³-hybridized carbons (Fsp3) is 0.842. The van der Waals surface area contributed by atoms with Gasteiger partial charge in [0.2, 0.25) is 0 Å². The lowest BCUT2D eigenvalue weighted by Crippen LogP contribution is -2.47. The maximum atomic E-state index is 5.13. The molecule has 0 aromatic carbocycles. The predicted molar refractivity (Wildman–Crippen MR) is 118 cm³/mol. The molecule has 0 bridgehead atoms. The van der Waals surface area contributed by atoms with Gasteiger partial charge < -0.3 is 15.4 Å². The second-order valence-electron chi connectivity index (χ2n) is 7.86. The van der Waals surface area contributed by atoms with Crippen molar-refractivity contribution in [3.63, 3.8) is 0 Å². The smallest absolute Gasteiger partial charge is 0.191 e. The van der Waals surface area contributed by atoms with E-state index in [9.17, 15) is 0 Å². The Hall–Kier alpha value is -0.900. The monoisotopic (exact) mass is 490 g/mol. The molecule has 1 aromatic heterocycles. The SMILES string of the molecule is CN=C(NCCC1CCCC(C)C1)NC1CCc2nc(COC)nn2C1.I. The van der Waals surface area contributed by atoms with E-state index in [0.29, 0.717) is 12.6 Å². The van der Waals surface area contributed by atoms with Crippen molar-refractivity contribution < 1.29 is 4.74 Å². The molecule has 0 amide bonds. The highest BCUT2D eigenvalue weighted by molar-refractivity contribution is 14.0. The van der Waals surface area contributed by atoms with E-state index in [1.54, 1.807) is 7.11 Å². The maximum Gasteiger partial charge on any atom is 0.191 e. The molecule has 3 atom stereocenters. The molecule has 1 aliphatic heterocycles. The van der Waals surface area contributed by atoms with Crippen LogP contribution in [0.5, 0.6) is 0 Å². The molecule has 3 unspecified atom stereocenters. The summed E-state index contributed by atoms with van der Waals surface area (Å²) in [6.07, 6.45) is 8.80. The number of aromatic nitrogens is 3. The summed E-state index contributed by atoms with van der Waals surface area (Å²) < 4.78 is 7.14. The van der Waals surface area contributed by atoms with Crippen LogP contribution in [-0.4, -0.2) is 47.5 Å². The average Bonchev–Trinajstić information content (AvgIpc) is 3.03. The van der Waals surface area contributed by atoms with Gasteiger partial charge in [0.1, 0.15) is 12.4 Å². The summed E-state index contributed by atoms with van der Waals surface area (Å²) in [4.78, 5) is 8.93. The number of aliphatic imine (C=N–C) groups is 1. The Morgan fingerprint density at radius 1 is 1.33 bits per heavy atom. The lowest BCUT2D eigenvalue weighted by molar-refractivity contribution is 0.177. The molecule has 0 saturated heterocycles.